The topological polar surface area (TPSA) is 198 Å². The third-order valence-electron chi connectivity index (χ3n) is 18.0. The number of ketones is 1. The summed E-state index contributed by atoms with van der Waals surface area (Å²) >= 11 is 0. The van der Waals surface area contributed by atoms with Crippen molar-refractivity contribution < 1.29 is 54.4 Å². The maximum atomic E-state index is 15.0. The maximum Gasteiger partial charge on any atom is 0.240 e. The number of Topliss-reactive ketones (excluding diaryl/α,β-unsaturated/α-hetero) is 1. The highest BCUT2D eigenvalue weighted by Crippen LogP contribution is 2.77. The smallest absolute Gasteiger partial charge is 0.240 e. The first-order chi connectivity index (χ1) is 26.9. The van der Waals surface area contributed by atoms with E-state index in [1.807, 2.05) is 6.92 Å². The average molecular weight is 793 g/mol. The number of piperidine rings is 1. The van der Waals surface area contributed by atoms with E-state index in [2.05, 4.69) is 24.1 Å². The number of carbonyl (C=O) groups is 2. The number of rotatable bonds is 6. The van der Waals surface area contributed by atoms with Crippen LogP contribution in [0.4, 0.5) is 0 Å². The van der Waals surface area contributed by atoms with E-state index in [0.717, 1.165) is 12.8 Å². The highest BCUT2D eigenvalue weighted by molar-refractivity contribution is 6.01. The van der Waals surface area contributed by atoms with E-state index in [9.17, 15) is 35.4 Å². The van der Waals surface area contributed by atoms with Gasteiger partial charge < -0.3 is 49.7 Å². The summed E-state index contributed by atoms with van der Waals surface area (Å²) in [5.41, 5.74) is -7.02. The Morgan fingerprint density at radius 3 is 2.54 bits per heavy atom. The third kappa shape index (κ3) is 4.72. The summed E-state index contributed by atoms with van der Waals surface area (Å²) in [6.45, 7) is 6.60. The number of fused-ring (bicyclic) bond motifs is 3. The van der Waals surface area contributed by atoms with Crippen LogP contribution >= 0.6 is 0 Å². The van der Waals surface area contributed by atoms with Gasteiger partial charge >= 0.3 is 0 Å². The van der Waals surface area contributed by atoms with E-state index < -0.39 is 93.4 Å². The summed E-state index contributed by atoms with van der Waals surface area (Å²) in [7, 11) is 1.67. The minimum atomic E-state index is -2.96. The van der Waals surface area contributed by atoms with Gasteiger partial charge in [0, 0.05) is 74.9 Å². The van der Waals surface area contributed by atoms with Crippen LogP contribution in [0, 0.1) is 63.6 Å². The fraction of sp³-hybridized carbons (Fsp3) is 0.818. The minimum Gasteiger partial charge on any atom is -0.396 e. The maximum absolute atomic E-state index is 15.0. The van der Waals surface area contributed by atoms with Gasteiger partial charge in [0.05, 0.1) is 29.2 Å². The van der Waals surface area contributed by atoms with Crippen molar-refractivity contribution in [3.05, 3.63) is 23.3 Å². The lowest BCUT2D eigenvalue weighted by Gasteiger charge is -2.67. The fourth-order valence-corrected chi connectivity index (χ4v) is 14.8. The van der Waals surface area contributed by atoms with Gasteiger partial charge in [-0.15, -0.1) is 5.92 Å². The van der Waals surface area contributed by atoms with Crippen molar-refractivity contribution in [3.63, 3.8) is 0 Å². The molecule has 1 amide bonds. The molecule has 13 nitrogen and oxygen atoms in total. The Hall–Kier alpha value is -2.22. The van der Waals surface area contributed by atoms with Crippen molar-refractivity contribution in [3.8, 4) is 11.8 Å². The molecule has 0 aromatic heterocycles. The zero-order chi connectivity index (χ0) is 40.3. The second kappa shape index (κ2) is 12.4. The number of ether oxygens (including phenoxy) is 3. The molecule has 0 aromatic rings. The summed E-state index contributed by atoms with van der Waals surface area (Å²) in [5.74, 6) is 0.413. The molecule has 11 aliphatic rings. The van der Waals surface area contributed by atoms with Crippen LogP contribution in [-0.2, 0) is 23.8 Å². The molecule has 3 saturated heterocycles. The van der Waals surface area contributed by atoms with Crippen LogP contribution in [0.1, 0.15) is 85.0 Å². The van der Waals surface area contributed by atoms with Gasteiger partial charge in [-0.2, -0.15) is 0 Å². The lowest BCUT2D eigenvalue weighted by molar-refractivity contribution is -0.346. The van der Waals surface area contributed by atoms with Crippen molar-refractivity contribution in [1.29, 1.82) is 0 Å². The molecule has 312 valence electrons. The predicted molar refractivity (Wildman–Crippen MR) is 202 cm³/mol. The molecular formula is C44H60N2O11. The van der Waals surface area contributed by atoms with Crippen LogP contribution in [0.3, 0.4) is 0 Å². The number of amides is 1. The summed E-state index contributed by atoms with van der Waals surface area (Å²) in [6.07, 6.45) is 5.91. The number of methoxy groups -OCH3 is 1. The summed E-state index contributed by atoms with van der Waals surface area (Å²) in [6, 6.07) is -0.996. The number of aliphatic hydroxyl groups excluding tert-OH is 1. The number of nitrogens with one attached hydrogen (secondary N) is 1. The third-order valence-corrected chi connectivity index (χ3v) is 18.0. The monoisotopic (exact) mass is 792 g/mol. The van der Waals surface area contributed by atoms with Gasteiger partial charge in [-0.25, -0.2) is 0 Å². The molecule has 17 unspecified atom stereocenters. The predicted octanol–water partition coefficient (Wildman–Crippen LogP) is 0.930. The van der Waals surface area contributed by atoms with Crippen LogP contribution in [0.25, 0.3) is 0 Å². The van der Waals surface area contributed by atoms with Crippen molar-refractivity contribution in [2.75, 3.05) is 33.5 Å². The molecule has 17 atom stereocenters. The van der Waals surface area contributed by atoms with Gasteiger partial charge in [0.2, 0.25) is 11.7 Å². The lowest BCUT2D eigenvalue weighted by atomic mass is 9.37. The van der Waals surface area contributed by atoms with Gasteiger partial charge in [0.25, 0.3) is 0 Å². The molecule has 6 aliphatic carbocycles. The Balaban J connectivity index is 1.12. The molecule has 9 bridgehead atoms. The highest BCUT2D eigenvalue weighted by Gasteiger charge is 2.79. The second-order valence-corrected chi connectivity index (χ2v) is 20.2. The molecular weight excluding hydrogens is 732 g/mol. The summed E-state index contributed by atoms with van der Waals surface area (Å²) < 4.78 is 18.0. The molecule has 6 fully saturated rings. The van der Waals surface area contributed by atoms with Crippen molar-refractivity contribution in [2.24, 2.45) is 51.8 Å². The summed E-state index contributed by atoms with van der Waals surface area (Å²) in [4.78, 5) is 31.0. The highest BCUT2D eigenvalue weighted by atomic mass is 16.6. The molecule has 11 rings (SSSR count). The number of allylic oxidation sites excluding steroid dienone is 1. The Morgan fingerprint density at radius 1 is 1.00 bits per heavy atom. The zero-order valence-corrected chi connectivity index (χ0v) is 33.6. The van der Waals surface area contributed by atoms with Crippen LogP contribution in [0.2, 0.25) is 0 Å². The van der Waals surface area contributed by atoms with Crippen LogP contribution in [0.5, 0.6) is 0 Å². The Kier molecular flexibility index (Phi) is 8.49. The minimum absolute atomic E-state index is 0.0431. The van der Waals surface area contributed by atoms with Crippen molar-refractivity contribution >= 4 is 11.7 Å². The largest absolute Gasteiger partial charge is 0.396 e. The standard InChI is InChI=1S/C44H60N2O11/c1-38-13-10-25(56-18-6-17-55-4)20-29(38)33(48)27-9-8-23-19-30-39(2)15-16-41(38,34(27)43(23,39)52)12-5-7-24-21-46(24)37(49)32-26-11-14-42(51,45-32)36-31(26)28(22-47)35(57-36)44(53,54)40(30,3)50/h11,14,23-26,28-32,35-36,45,47,50-54H,6-10,13,15-22H2,1-4H3. The van der Waals surface area contributed by atoms with E-state index in [1.54, 1.807) is 24.2 Å². The molecule has 5 heterocycles. The molecule has 0 spiro atoms. The first-order valence-electron chi connectivity index (χ1n) is 21.5. The SMILES string of the molecule is COCCCOC1CCC2(C)C(C1)C(=O)C1=C3C24C#CCC2CN2C(=O)C2NC5(O)C=CC2C2C(CO)C(OC25)C(O)(O)C(C)(O)C2CC(CC1)C3(O)C2(C)CC4. The quantitative estimate of drug-likeness (QED) is 0.0662. The first kappa shape index (κ1) is 38.9. The molecule has 0 radical (unpaired) electrons. The van der Waals surface area contributed by atoms with E-state index in [0.29, 0.717) is 75.9 Å². The number of hydrogen-bond acceptors (Lipinski definition) is 12. The van der Waals surface area contributed by atoms with Crippen LogP contribution in [-0.4, -0.2) is 134 Å². The number of hydrogen-bond donors (Lipinski definition) is 7. The normalized spacial score (nSPS) is 53.6. The molecule has 57 heavy (non-hydrogen) atoms. The lowest BCUT2D eigenvalue weighted by Crippen LogP contribution is -2.71. The number of aliphatic hydroxyl groups is 6. The van der Waals surface area contributed by atoms with E-state index in [4.69, 9.17) is 14.2 Å². The molecule has 13 heteroatoms. The number of nitrogens with zero attached hydrogens (tertiary/aromatic N) is 1. The Morgan fingerprint density at radius 2 is 1.79 bits per heavy atom. The first-order valence-corrected chi connectivity index (χ1v) is 21.5. The molecule has 0 aromatic carbocycles. The van der Waals surface area contributed by atoms with Gasteiger partial charge in [0.1, 0.15) is 17.8 Å². The Labute approximate surface area is 334 Å². The molecule has 5 aliphatic heterocycles. The van der Waals surface area contributed by atoms with E-state index in [1.165, 1.54) is 6.92 Å². The van der Waals surface area contributed by atoms with Crippen molar-refractivity contribution in [1.82, 2.24) is 10.2 Å². The van der Waals surface area contributed by atoms with Gasteiger partial charge in [0.15, 0.2) is 11.5 Å². The average Bonchev–Trinajstić information content (AvgIpc) is 3.74. The van der Waals surface area contributed by atoms with Crippen LogP contribution < -0.4 is 5.32 Å². The van der Waals surface area contributed by atoms with Crippen molar-refractivity contribution in [2.45, 2.75) is 138 Å². The van der Waals surface area contributed by atoms with Crippen LogP contribution in [0.15, 0.2) is 23.3 Å². The fourth-order valence-electron chi connectivity index (χ4n) is 14.8. The number of carbonyl (C=O) groups excluding carboxylic acids is 2. The molecule has 3 saturated carbocycles. The van der Waals surface area contributed by atoms with E-state index in [-0.39, 0.29) is 36.2 Å². The molecule has 7 N–H and O–H groups in total. The zero-order valence-electron chi connectivity index (χ0n) is 33.6. The van der Waals surface area contributed by atoms with Gasteiger partial charge in [-0.05, 0) is 93.3 Å². The van der Waals surface area contributed by atoms with Gasteiger partial charge in [-0.3, -0.25) is 14.9 Å². The summed E-state index contributed by atoms with van der Waals surface area (Å²) in [5, 5.41) is 77.5. The second-order valence-electron chi connectivity index (χ2n) is 20.2. The van der Waals surface area contributed by atoms with Gasteiger partial charge in [-0.1, -0.05) is 25.8 Å². The van der Waals surface area contributed by atoms with E-state index >= 15 is 4.79 Å². The Bertz CT molecular complexity index is 1890.